The highest BCUT2D eigenvalue weighted by Crippen LogP contribution is 2.30. The van der Waals surface area contributed by atoms with E-state index >= 15 is 0 Å². The third-order valence-corrected chi connectivity index (χ3v) is 12.1. The van der Waals surface area contributed by atoms with Crippen LogP contribution in [0.5, 0.6) is 0 Å². The van der Waals surface area contributed by atoms with Gasteiger partial charge < -0.3 is 48.8 Å². The number of hydrogen-bond acceptors (Lipinski definition) is 10. The fourth-order valence-electron chi connectivity index (χ4n) is 8.51. The Labute approximate surface area is 371 Å². The van der Waals surface area contributed by atoms with E-state index in [1.54, 1.807) is 35.8 Å². The zero-order valence-electron chi connectivity index (χ0n) is 40.0. The lowest BCUT2D eigenvalue weighted by atomic mass is 9.89. The Kier molecular flexibility index (Phi) is 20.0. The number of hydrogen-bond donors (Lipinski definition) is 1. The highest BCUT2D eigenvalue weighted by molar-refractivity contribution is 5.88. The molecule has 2 saturated heterocycles. The summed E-state index contributed by atoms with van der Waals surface area (Å²) < 4.78 is 22.7. The first-order valence-corrected chi connectivity index (χ1v) is 22.2. The van der Waals surface area contributed by atoms with Crippen molar-refractivity contribution in [3.8, 4) is 0 Å². The van der Waals surface area contributed by atoms with Crippen molar-refractivity contribution in [1.82, 2.24) is 29.8 Å². The van der Waals surface area contributed by atoms with E-state index in [0.29, 0.717) is 45.1 Å². The van der Waals surface area contributed by atoms with Crippen molar-refractivity contribution in [2.75, 3.05) is 75.2 Å². The standard InChI is InChI=1S/C46H77N7O9/c1-15-31(4)39(50(11)42(56)38(30(2)3)48-44(49(9)10)51-24-26-52(27-25-51)45(58)62-46(6,7)8)36(59-12)29-37(54)53-23-19-22-35(53)40(60-13)32(5)41(55)47-34(43(57)61-14)28-33-20-17-16-18-21-33/h16-18,20-21,30-32,34-36,38-40H,15,19,22-29H2,1-14H3,(H,47,55)/t31-,32+,34-,35-,36+,38-,39-,40+/m0/s1. The van der Waals surface area contributed by atoms with Gasteiger partial charge in [0, 0.05) is 74.5 Å². The summed E-state index contributed by atoms with van der Waals surface area (Å²) in [5.74, 6) is -1.49. The summed E-state index contributed by atoms with van der Waals surface area (Å²) in [6, 6.07) is 6.92. The molecule has 1 N–H and O–H groups in total. The Morgan fingerprint density at radius 3 is 2.02 bits per heavy atom. The van der Waals surface area contributed by atoms with Crippen molar-refractivity contribution in [1.29, 1.82) is 0 Å². The van der Waals surface area contributed by atoms with Crippen molar-refractivity contribution in [3.63, 3.8) is 0 Å². The average Bonchev–Trinajstić information content (AvgIpc) is 3.72. The second-order valence-corrected chi connectivity index (χ2v) is 18.3. The van der Waals surface area contributed by atoms with E-state index in [9.17, 15) is 24.0 Å². The van der Waals surface area contributed by atoms with Crippen molar-refractivity contribution >= 4 is 35.7 Å². The minimum atomic E-state index is -0.896. The highest BCUT2D eigenvalue weighted by atomic mass is 16.6. The number of esters is 1. The van der Waals surface area contributed by atoms with E-state index in [0.717, 1.165) is 18.4 Å². The van der Waals surface area contributed by atoms with Crippen LogP contribution in [0, 0.1) is 17.8 Å². The topological polar surface area (TPSA) is 163 Å². The molecule has 1 aromatic carbocycles. The monoisotopic (exact) mass is 872 g/mol. The van der Waals surface area contributed by atoms with E-state index < -0.39 is 53.9 Å². The Balaban J connectivity index is 1.80. The Morgan fingerprint density at radius 1 is 0.887 bits per heavy atom. The molecule has 1 aromatic rings. The molecule has 4 amide bonds. The quantitative estimate of drug-likeness (QED) is 0.127. The number of carbonyl (C=O) groups is 5. The minimum Gasteiger partial charge on any atom is -0.467 e. The summed E-state index contributed by atoms with van der Waals surface area (Å²) in [6.45, 7) is 17.8. The van der Waals surface area contributed by atoms with Crippen molar-refractivity contribution < 1.29 is 42.9 Å². The first-order chi connectivity index (χ1) is 29.2. The molecular weight excluding hydrogens is 795 g/mol. The van der Waals surface area contributed by atoms with Crippen LogP contribution in [-0.2, 0) is 44.5 Å². The summed E-state index contributed by atoms with van der Waals surface area (Å²) in [6.07, 6.45) is 0.738. The number of benzene rings is 1. The smallest absolute Gasteiger partial charge is 0.410 e. The van der Waals surface area contributed by atoms with Gasteiger partial charge in [-0.15, -0.1) is 0 Å². The third-order valence-electron chi connectivity index (χ3n) is 12.1. The molecule has 0 aliphatic carbocycles. The molecule has 0 spiro atoms. The molecule has 2 fully saturated rings. The molecule has 0 bridgehead atoms. The van der Waals surface area contributed by atoms with Gasteiger partial charge in [0.1, 0.15) is 17.7 Å². The van der Waals surface area contributed by atoms with Gasteiger partial charge >= 0.3 is 12.1 Å². The fraction of sp³-hybridized carbons (Fsp3) is 0.739. The summed E-state index contributed by atoms with van der Waals surface area (Å²) in [5.41, 5.74) is 0.286. The maximum absolute atomic E-state index is 14.7. The molecule has 16 nitrogen and oxygen atoms in total. The van der Waals surface area contributed by atoms with Gasteiger partial charge in [0.25, 0.3) is 0 Å². The number of likely N-dealkylation sites (N-methyl/N-ethyl adjacent to an activating group) is 1. The Hall–Kier alpha value is -4.44. The molecule has 62 heavy (non-hydrogen) atoms. The SMILES string of the molecule is CC[C@H](C)[C@@H]([C@@H](CC(=O)N1CCC[C@H]1[C@H](OC)[C@@H](C)C(=O)N[C@@H](Cc1ccccc1)C(=O)OC)OC)N(C)C(=O)[C@@H](N=C(N(C)C)N1CCN(C(=O)OC(C)(C)C)CC1)C(C)C. The molecule has 2 heterocycles. The maximum Gasteiger partial charge on any atom is 0.410 e. The number of aliphatic imine (C=N–C) groups is 1. The summed E-state index contributed by atoms with van der Waals surface area (Å²) in [5, 5.41) is 2.87. The van der Waals surface area contributed by atoms with Crippen molar-refractivity contribution in [3.05, 3.63) is 35.9 Å². The van der Waals surface area contributed by atoms with Gasteiger partial charge in [0.15, 0.2) is 5.96 Å². The lowest BCUT2D eigenvalue weighted by molar-refractivity contribution is -0.148. The Bertz CT molecular complexity index is 1640. The Morgan fingerprint density at radius 2 is 1.50 bits per heavy atom. The van der Waals surface area contributed by atoms with Crippen molar-refractivity contribution in [2.24, 2.45) is 22.7 Å². The van der Waals surface area contributed by atoms with Gasteiger partial charge in [0.2, 0.25) is 17.7 Å². The number of likely N-dealkylation sites (tertiary alicyclic amines) is 1. The van der Waals surface area contributed by atoms with Crippen LogP contribution in [0.1, 0.15) is 86.6 Å². The molecule has 3 rings (SSSR count). The molecule has 0 saturated carbocycles. The molecular formula is C46H77N7O9. The van der Waals surface area contributed by atoms with Gasteiger partial charge in [0.05, 0.1) is 43.7 Å². The molecule has 16 heteroatoms. The van der Waals surface area contributed by atoms with Crippen molar-refractivity contribution in [2.45, 2.75) is 129 Å². The van der Waals surface area contributed by atoms with Gasteiger partial charge in [-0.25, -0.2) is 14.6 Å². The number of amides is 4. The second-order valence-electron chi connectivity index (χ2n) is 18.3. The lowest BCUT2D eigenvalue weighted by Gasteiger charge is -2.41. The summed E-state index contributed by atoms with van der Waals surface area (Å²) in [4.78, 5) is 82.6. The van der Waals surface area contributed by atoms with Crippen LogP contribution in [0.2, 0.25) is 0 Å². The fourth-order valence-corrected chi connectivity index (χ4v) is 8.51. The third kappa shape index (κ3) is 14.0. The van der Waals surface area contributed by atoms with E-state index in [-0.39, 0.29) is 48.5 Å². The lowest BCUT2D eigenvalue weighted by Crippen LogP contribution is -2.56. The summed E-state index contributed by atoms with van der Waals surface area (Å²) in [7, 11) is 9.97. The van der Waals surface area contributed by atoms with E-state index in [2.05, 4.69) is 24.1 Å². The molecule has 350 valence electrons. The molecule has 0 unspecified atom stereocenters. The molecule has 8 atom stereocenters. The van der Waals surface area contributed by atoms with Crippen LogP contribution in [0.25, 0.3) is 0 Å². The first kappa shape index (κ1) is 51.9. The number of carbonyl (C=O) groups excluding carboxylic acids is 5. The highest BCUT2D eigenvalue weighted by Gasteiger charge is 2.43. The normalized spacial score (nSPS) is 19.5. The van der Waals surface area contributed by atoms with E-state index in [1.807, 2.05) is 83.9 Å². The predicted octanol–water partition coefficient (Wildman–Crippen LogP) is 4.30. The van der Waals surface area contributed by atoms with Gasteiger partial charge in [-0.1, -0.05) is 71.4 Å². The number of rotatable bonds is 18. The number of methoxy groups -OCH3 is 3. The van der Waals surface area contributed by atoms with Crippen LogP contribution < -0.4 is 5.32 Å². The number of nitrogens with zero attached hydrogens (tertiary/aromatic N) is 6. The zero-order valence-corrected chi connectivity index (χ0v) is 40.0. The molecule has 0 radical (unpaired) electrons. The van der Waals surface area contributed by atoms with Crippen LogP contribution >= 0.6 is 0 Å². The zero-order chi connectivity index (χ0) is 46.5. The van der Waals surface area contributed by atoms with Gasteiger partial charge in [-0.3, -0.25) is 14.4 Å². The van der Waals surface area contributed by atoms with Crippen LogP contribution in [0.3, 0.4) is 0 Å². The largest absolute Gasteiger partial charge is 0.467 e. The van der Waals surface area contributed by atoms with Crippen LogP contribution in [0.4, 0.5) is 4.79 Å². The number of piperazine rings is 1. The molecule has 2 aliphatic heterocycles. The van der Waals surface area contributed by atoms with Gasteiger partial charge in [-0.2, -0.15) is 0 Å². The van der Waals surface area contributed by atoms with E-state index in [4.69, 9.17) is 23.9 Å². The second kappa shape index (κ2) is 23.9. The summed E-state index contributed by atoms with van der Waals surface area (Å²) >= 11 is 0. The van der Waals surface area contributed by atoms with Crippen LogP contribution in [0.15, 0.2) is 35.3 Å². The first-order valence-electron chi connectivity index (χ1n) is 22.2. The molecule has 0 aromatic heterocycles. The maximum atomic E-state index is 14.7. The minimum absolute atomic E-state index is 0.0125. The van der Waals surface area contributed by atoms with E-state index in [1.165, 1.54) is 14.2 Å². The number of ether oxygens (including phenoxy) is 4. The average molecular weight is 872 g/mol. The number of nitrogens with one attached hydrogen (secondary N) is 1. The van der Waals surface area contributed by atoms with Crippen LogP contribution in [-0.4, -0.2) is 177 Å². The van der Waals surface area contributed by atoms with Gasteiger partial charge in [-0.05, 0) is 51.0 Å². The predicted molar refractivity (Wildman–Crippen MR) is 239 cm³/mol. The number of guanidine groups is 1. The molecule has 2 aliphatic rings.